The second-order valence-corrected chi connectivity index (χ2v) is 5.91. The fourth-order valence-electron chi connectivity index (χ4n) is 2.82. The summed E-state index contributed by atoms with van der Waals surface area (Å²) >= 11 is 0. The van der Waals surface area contributed by atoms with E-state index in [-0.39, 0.29) is 6.04 Å². The molecule has 0 bridgehead atoms. The molecule has 7 heteroatoms. The molecule has 1 N–H and O–H groups in total. The van der Waals surface area contributed by atoms with Gasteiger partial charge in [0.25, 0.3) is 0 Å². The van der Waals surface area contributed by atoms with Crippen LogP contribution in [0.15, 0.2) is 18.2 Å². The molecule has 1 aliphatic heterocycles. The molecule has 2 rings (SSSR count). The van der Waals surface area contributed by atoms with Crippen LogP contribution in [-0.2, 0) is 17.3 Å². The van der Waals surface area contributed by atoms with Gasteiger partial charge in [0, 0.05) is 0 Å². The number of hydrogen-bond acceptors (Lipinski definition) is 3. The second-order valence-electron chi connectivity index (χ2n) is 5.91. The van der Waals surface area contributed by atoms with E-state index in [9.17, 15) is 18.0 Å². The van der Waals surface area contributed by atoms with Gasteiger partial charge in [0.1, 0.15) is 0 Å². The van der Waals surface area contributed by atoms with Gasteiger partial charge in [0.15, 0.2) is 0 Å². The maximum atomic E-state index is 12.9. The highest BCUT2D eigenvalue weighted by Gasteiger charge is 2.33. The maximum Gasteiger partial charge on any atom is 0.426 e. The normalized spacial score (nSPS) is 17.4. The van der Waals surface area contributed by atoms with Crippen molar-refractivity contribution in [2.75, 3.05) is 11.6 Å². The molecule has 1 heterocycles. The summed E-state index contributed by atoms with van der Waals surface area (Å²) in [4.78, 5) is 11.9. The molecular weight excluding hydrogens is 321 g/mol. The SMILES string of the molecule is CCCCOC(=O)NN1c2ccc(C(F)(F)F)cc2CCC1CC. The molecule has 0 aromatic heterocycles. The number of unbranched alkanes of at least 4 members (excludes halogenated alkanes) is 1. The van der Waals surface area contributed by atoms with Crippen LogP contribution in [0.2, 0.25) is 0 Å². The first kappa shape index (κ1) is 18.4. The van der Waals surface area contributed by atoms with Crippen molar-refractivity contribution in [1.82, 2.24) is 5.43 Å². The number of fused-ring (bicyclic) bond motifs is 1. The molecule has 134 valence electrons. The lowest BCUT2D eigenvalue weighted by Crippen LogP contribution is -2.51. The van der Waals surface area contributed by atoms with E-state index in [0.717, 1.165) is 31.4 Å². The van der Waals surface area contributed by atoms with Crippen molar-refractivity contribution in [3.63, 3.8) is 0 Å². The molecule has 1 aromatic rings. The number of aryl methyl sites for hydroxylation is 1. The van der Waals surface area contributed by atoms with Crippen LogP contribution >= 0.6 is 0 Å². The number of hydrazine groups is 1. The Hall–Kier alpha value is -1.92. The number of halogens is 3. The molecule has 0 aliphatic carbocycles. The van der Waals surface area contributed by atoms with Crippen molar-refractivity contribution < 1.29 is 22.7 Å². The molecule has 1 unspecified atom stereocenters. The van der Waals surface area contributed by atoms with Gasteiger partial charge in [-0.2, -0.15) is 13.2 Å². The monoisotopic (exact) mass is 344 g/mol. The van der Waals surface area contributed by atoms with Gasteiger partial charge in [-0.25, -0.2) is 10.2 Å². The number of carbonyl (C=O) groups is 1. The molecule has 24 heavy (non-hydrogen) atoms. The Morgan fingerprint density at radius 2 is 2.12 bits per heavy atom. The number of rotatable bonds is 5. The zero-order valence-corrected chi connectivity index (χ0v) is 13.9. The van der Waals surface area contributed by atoms with E-state index in [4.69, 9.17) is 4.74 Å². The van der Waals surface area contributed by atoms with Crippen LogP contribution in [0.1, 0.15) is 50.7 Å². The number of anilines is 1. The summed E-state index contributed by atoms with van der Waals surface area (Å²) in [5, 5.41) is 1.65. The zero-order chi connectivity index (χ0) is 17.7. The first-order valence-electron chi connectivity index (χ1n) is 8.29. The molecule has 0 fully saturated rings. The number of nitrogens with zero attached hydrogens (tertiary/aromatic N) is 1. The smallest absolute Gasteiger partial charge is 0.426 e. The molecule has 0 saturated heterocycles. The third-order valence-corrected chi connectivity index (χ3v) is 4.19. The van der Waals surface area contributed by atoms with E-state index >= 15 is 0 Å². The Bertz CT molecular complexity index is 575. The van der Waals surface area contributed by atoms with Crippen LogP contribution in [0.5, 0.6) is 0 Å². The average Bonchev–Trinajstić information content (AvgIpc) is 2.54. The summed E-state index contributed by atoms with van der Waals surface area (Å²) in [6.07, 6.45) is -1.24. The van der Waals surface area contributed by atoms with Crippen LogP contribution in [-0.4, -0.2) is 18.7 Å². The lowest BCUT2D eigenvalue weighted by molar-refractivity contribution is -0.137. The van der Waals surface area contributed by atoms with Gasteiger partial charge in [0.2, 0.25) is 0 Å². The second kappa shape index (κ2) is 7.77. The third-order valence-electron chi connectivity index (χ3n) is 4.19. The molecule has 1 amide bonds. The van der Waals surface area contributed by atoms with E-state index < -0.39 is 17.8 Å². The van der Waals surface area contributed by atoms with Crippen molar-refractivity contribution in [2.24, 2.45) is 0 Å². The predicted octanol–water partition coefficient (Wildman–Crippen LogP) is 4.68. The van der Waals surface area contributed by atoms with Crippen LogP contribution in [0.4, 0.5) is 23.7 Å². The lowest BCUT2D eigenvalue weighted by atomic mass is 9.94. The highest BCUT2D eigenvalue weighted by molar-refractivity contribution is 5.71. The summed E-state index contributed by atoms with van der Waals surface area (Å²) < 4.78 is 43.7. The highest BCUT2D eigenvalue weighted by Crippen LogP contribution is 2.36. The minimum Gasteiger partial charge on any atom is -0.448 e. The average molecular weight is 344 g/mol. The Labute approximate surface area is 139 Å². The summed E-state index contributed by atoms with van der Waals surface area (Å²) in [6.45, 7) is 4.30. The molecular formula is C17H23F3N2O2. The summed E-state index contributed by atoms with van der Waals surface area (Å²) in [6, 6.07) is 3.67. The number of benzene rings is 1. The topological polar surface area (TPSA) is 41.6 Å². The van der Waals surface area contributed by atoms with Gasteiger partial charge in [-0.3, -0.25) is 5.01 Å². The minimum absolute atomic E-state index is 0.0351. The van der Waals surface area contributed by atoms with Gasteiger partial charge >= 0.3 is 12.3 Å². The molecule has 0 saturated carbocycles. The van der Waals surface area contributed by atoms with Gasteiger partial charge in [-0.05, 0) is 49.4 Å². The van der Waals surface area contributed by atoms with Crippen LogP contribution in [0, 0.1) is 0 Å². The number of nitrogens with one attached hydrogen (secondary N) is 1. The molecule has 1 aromatic carbocycles. The van der Waals surface area contributed by atoms with Crippen LogP contribution in [0.3, 0.4) is 0 Å². The Balaban J connectivity index is 2.19. The summed E-state index contributed by atoms with van der Waals surface area (Å²) in [5.41, 5.74) is 3.21. The first-order chi connectivity index (χ1) is 11.4. The van der Waals surface area contributed by atoms with Gasteiger partial charge < -0.3 is 4.74 Å². The molecule has 0 spiro atoms. The van der Waals surface area contributed by atoms with Crippen molar-refractivity contribution in [1.29, 1.82) is 0 Å². The number of amides is 1. The van der Waals surface area contributed by atoms with Crippen molar-refractivity contribution in [2.45, 2.75) is 58.2 Å². The van der Waals surface area contributed by atoms with Gasteiger partial charge in [0.05, 0.1) is 23.9 Å². The standard InChI is InChI=1S/C17H23F3N2O2/c1-3-5-10-24-16(23)21-22-14(4-2)8-6-12-11-13(17(18,19)20)7-9-15(12)22/h7,9,11,14H,3-6,8,10H2,1-2H3,(H,21,23). The van der Waals surface area contributed by atoms with E-state index in [1.54, 1.807) is 5.01 Å². The van der Waals surface area contributed by atoms with Crippen LogP contribution < -0.4 is 10.4 Å². The highest BCUT2D eigenvalue weighted by atomic mass is 19.4. The summed E-state index contributed by atoms with van der Waals surface area (Å²) in [5.74, 6) is 0. The minimum atomic E-state index is -4.37. The number of carbonyl (C=O) groups excluding carboxylic acids is 1. The number of hydrogen-bond donors (Lipinski definition) is 1. The predicted molar refractivity (Wildman–Crippen MR) is 85.7 cm³/mol. The zero-order valence-electron chi connectivity index (χ0n) is 13.9. The van der Waals surface area contributed by atoms with E-state index in [1.165, 1.54) is 6.07 Å². The Kier molecular flexibility index (Phi) is 5.96. The van der Waals surface area contributed by atoms with Crippen LogP contribution in [0.25, 0.3) is 0 Å². The maximum absolute atomic E-state index is 12.9. The lowest BCUT2D eigenvalue weighted by Gasteiger charge is -2.38. The van der Waals surface area contributed by atoms with E-state index in [0.29, 0.717) is 30.7 Å². The summed E-state index contributed by atoms with van der Waals surface area (Å²) in [7, 11) is 0. The first-order valence-corrected chi connectivity index (χ1v) is 8.29. The van der Waals surface area contributed by atoms with E-state index in [2.05, 4.69) is 5.43 Å². The van der Waals surface area contributed by atoms with Crippen molar-refractivity contribution >= 4 is 11.8 Å². The number of ether oxygens (including phenoxy) is 1. The third kappa shape index (κ3) is 4.33. The quantitative estimate of drug-likeness (QED) is 0.789. The Morgan fingerprint density at radius 3 is 2.75 bits per heavy atom. The Morgan fingerprint density at radius 1 is 1.38 bits per heavy atom. The molecule has 1 atom stereocenters. The largest absolute Gasteiger partial charge is 0.448 e. The molecule has 4 nitrogen and oxygen atoms in total. The van der Waals surface area contributed by atoms with Gasteiger partial charge in [-0.1, -0.05) is 20.3 Å². The molecule has 1 aliphatic rings. The van der Waals surface area contributed by atoms with Gasteiger partial charge in [-0.15, -0.1) is 0 Å². The fraction of sp³-hybridized carbons (Fsp3) is 0.588. The number of alkyl halides is 3. The van der Waals surface area contributed by atoms with Crippen molar-refractivity contribution in [3.05, 3.63) is 29.3 Å². The molecule has 0 radical (unpaired) electrons. The van der Waals surface area contributed by atoms with Crippen molar-refractivity contribution in [3.8, 4) is 0 Å². The fourth-order valence-corrected chi connectivity index (χ4v) is 2.82. The van der Waals surface area contributed by atoms with E-state index in [1.807, 2.05) is 13.8 Å².